The molecule has 0 saturated carbocycles. The summed E-state index contributed by atoms with van der Waals surface area (Å²) in [5.41, 5.74) is 1.43. The maximum absolute atomic E-state index is 12.3. The van der Waals surface area contributed by atoms with Crippen LogP contribution >= 0.6 is 0 Å². The number of rotatable bonds is 5. The third kappa shape index (κ3) is 3.63. The van der Waals surface area contributed by atoms with Crippen molar-refractivity contribution < 1.29 is 12.8 Å². The van der Waals surface area contributed by atoms with E-state index >= 15 is 0 Å². The monoisotopic (exact) mass is 351 g/mol. The Morgan fingerprint density at radius 2 is 2.12 bits per heavy atom. The molecule has 0 aromatic carbocycles. The van der Waals surface area contributed by atoms with Gasteiger partial charge in [0.15, 0.2) is 0 Å². The van der Waals surface area contributed by atoms with Crippen LogP contribution in [-0.4, -0.2) is 59.2 Å². The highest BCUT2D eigenvalue weighted by Gasteiger charge is 2.30. The first kappa shape index (κ1) is 17.0. The van der Waals surface area contributed by atoms with E-state index in [1.807, 2.05) is 0 Å². The van der Waals surface area contributed by atoms with Crippen LogP contribution in [0.3, 0.4) is 0 Å². The molecule has 0 N–H and O–H groups in total. The van der Waals surface area contributed by atoms with E-state index in [4.69, 9.17) is 4.42 Å². The van der Waals surface area contributed by atoms with Crippen molar-refractivity contribution >= 4 is 10.2 Å². The van der Waals surface area contributed by atoms with Gasteiger partial charge in [-0.1, -0.05) is 0 Å². The smallest absolute Gasteiger partial charge is 0.281 e. The molecule has 1 aliphatic heterocycles. The Bertz CT molecular complexity index is 759. The molecule has 1 fully saturated rings. The lowest BCUT2D eigenvalue weighted by Crippen LogP contribution is -2.45. The lowest BCUT2D eigenvalue weighted by Gasteiger charge is -2.33. The van der Waals surface area contributed by atoms with E-state index in [0.29, 0.717) is 31.1 Å². The second-order valence-corrected chi connectivity index (χ2v) is 8.23. The highest BCUT2D eigenvalue weighted by Crippen LogP contribution is 2.23. The van der Waals surface area contributed by atoms with Crippen LogP contribution in [0.4, 0.5) is 0 Å². The molecule has 9 heteroatoms. The maximum atomic E-state index is 12.3. The lowest BCUT2D eigenvalue weighted by atomic mass is 9.95. The van der Waals surface area contributed by atoms with Gasteiger partial charge in [0, 0.05) is 33.4 Å². The van der Waals surface area contributed by atoms with Gasteiger partial charge in [0.25, 0.3) is 10.2 Å². The number of hydrogen-bond donors (Lipinski definition) is 0. The molecule has 0 spiro atoms. The molecule has 24 heavy (non-hydrogen) atoms. The summed E-state index contributed by atoms with van der Waals surface area (Å²) in [4.78, 5) is 12.8. The molecular formula is C15H21N5O3S. The van der Waals surface area contributed by atoms with Gasteiger partial charge in [0.05, 0.1) is 18.1 Å². The van der Waals surface area contributed by atoms with Crippen molar-refractivity contribution in [1.82, 2.24) is 23.6 Å². The molecule has 1 saturated heterocycles. The second-order valence-electron chi connectivity index (χ2n) is 6.09. The minimum absolute atomic E-state index is 0.246. The molecule has 3 heterocycles. The average molecular weight is 351 g/mol. The van der Waals surface area contributed by atoms with Crippen LogP contribution in [0.15, 0.2) is 29.3 Å². The molecule has 3 rings (SSSR count). The van der Waals surface area contributed by atoms with Crippen molar-refractivity contribution in [1.29, 1.82) is 0 Å². The minimum atomic E-state index is -3.35. The van der Waals surface area contributed by atoms with Gasteiger partial charge in [-0.25, -0.2) is 9.97 Å². The van der Waals surface area contributed by atoms with Gasteiger partial charge < -0.3 is 4.42 Å². The number of oxazole rings is 1. The third-order valence-corrected chi connectivity index (χ3v) is 6.03. The van der Waals surface area contributed by atoms with Crippen LogP contribution in [0.5, 0.6) is 0 Å². The van der Waals surface area contributed by atoms with Gasteiger partial charge in [-0.15, -0.1) is 0 Å². The molecule has 0 radical (unpaired) electrons. The Balaban J connectivity index is 1.65. The number of hydrogen-bond acceptors (Lipinski definition) is 6. The zero-order chi connectivity index (χ0) is 17.2. The summed E-state index contributed by atoms with van der Waals surface area (Å²) in [5.74, 6) is 0.685. The number of aromatic nitrogens is 3. The predicted molar refractivity (Wildman–Crippen MR) is 88.1 cm³/mol. The van der Waals surface area contributed by atoms with E-state index < -0.39 is 10.2 Å². The quantitative estimate of drug-likeness (QED) is 0.803. The SMILES string of the molecule is CN(C)S(=O)(=O)N1CCCC(Cc2cnc(-c3ncco3)cn2)C1. The molecule has 8 nitrogen and oxygen atoms in total. The maximum Gasteiger partial charge on any atom is 0.281 e. The van der Waals surface area contributed by atoms with Crippen molar-refractivity contribution in [3.05, 3.63) is 30.5 Å². The van der Waals surface area contributed by atoms with Crippen molar-refractivity contribution in [2.45, 2.75) is 19.3 Å². The Kier molecular flexibility index (Phi) is 4.93. The number of nitrogens with zero attached hydrogens (tertiary/aromatic N) is 5. The van der Waals surface area contributed by atoms with E-state index in [2.05, 4.69) is 15.0 Å². The highest BCUT2D eigenvalue weighted by molar-refractivity contribution is 7.86. The van der Waals surface area contributed by atoms with Gasteiger partial charge in [0.2, 0.25) is 5.89 Å². The largest absolute Gasteiger partial charge is 0.443 e. The van der Waals surface area contributed by atoms with Gasteiger partial charge in [-0.3, -0.25) is 4.98 Å². The fourth-order valence-corrected chi connectivity index (χ4v) is 4.07. The molecule has 130 valence electrons. The summed E-state index contributed by atoms with van der Waals surface area (Å²) in [6.45, 7) is 1.09. The first-order valence-electron chi connectivity index (χ1n) is 7.85. The van der Waals surface area contributed by atoms with Crippen molar-refractivity contribution in [2.75, 3.05) is 27.2 Å². The van der Waals surface area contributed by atoms with Crippen LogP contribution in [0.1, 0.15) is 18.5 Å². The fraction of sp³-hybridized carbons (Fsp3) is 0.533. The van der Waals surface area contributed by atoms with Gasteiger partial charge >= 0.3 is 0 Å². The Morgan fingerprint density at radius 3 is 2.75 bits per heavy atom. The molecular weight excluding hydrogens is 330 g/mol. The summed E-state index contributed by atoms with van der Waals surface area (Å²) in [5, 5.41) is 0. The highest BCUT2D eigenvalue weighted by atomic mass is 32.2. The molecule has 0 aliphatic carbocycles. The first-order chi connectivity index (χ1) is 11.5. The zero-order valence-corrected chi connectivity index (χ0v) is 14.6. The fourth-order valence-electron chi connectivity index (χ4n) is 2.85. The second kappa shape index (κ2) is 6.96. The minimum Gasteiger partial charge on any atom is -0.443 e. The normalized spacial score (nSPS) is 19.7. The van der Waals surface area contributed by atoms with Crippen molar-refractivity contribution in [2.24, 2.45) is 5.92 Å². The molecule has 1 atom stereocenters. The van der Waals surface area contributed by atoms with Gasteiger partial charge in [0.1, 0.15) is 12.0 Å². The summed E-state index contributed by atoms with van der Waals surface area (Å²) in [6.07, 6.45) is 8.96. The van der Waals surface area contributed by atoms with Crippen LogP contribution in [0.25, 0.3) is 11.6 Å². The average Bonchev–Trinajstić information content (AvgIpc) is 3.10. The van der Waals surface area contributed by atoms with E-state index in [1.165, 1.54) is 10.6 Å². The van der Waals surface area contributed by atoms with Crippen molar-refractivity contribution in [3.63, 3.8) is 0 Å². The summed E-state index contributed by atoms with van der Waals surface area (Å²) < 4.78 is 32.5. The Labute approximate surface area is 141 Å². The summed E-state index contributed by atoms with van der Waals surface area (Å²) >= 11 is 0. The topological polar surface area (TPSA) is 92.4 Å². The molecule has 2 aromatic rings. The molecule has 2 aromatic heterocycles. The van der Waals surface area contributed by atoms with E-state index in [1.54, 1.807) is 37.0 Å². The van der Waals surface area contributed by atoms with Gasteiger partial charge in [-0.05, 0) is 25.2 Å². The predicted octanol–water partition coefficient (Wildman–Crippen LogP) is 1.19. The zero-order valence-electron chi connectivity index (χ0n) is 13.8. The molecule has 1 unspecified atom stereocenters. The molecule has 0 bridgehead atoms. The van der Waals surface area contributed by atoms with Crippen LogP contribution in [-0.2, 0) is 16.6 Å². The molecule has 0 amide bonds. The summed E-state index contributed by atoms with van der Waals surface area (Å²) in [6, 6.07) is 0. The van der Waals surface area contributed by atoms with Gasteiger partial charge in [-0.2, -0.15) is 17.0 Å². The lowest BCUT2D eigenvalue weighted by molar-refractivity contribution is 0.253. The van der Waals surface area contributed by atoms with Crippen LogP contribution < -0.4 is 0 Å². The summed E-state index contributed by atoms with van der Waals surface area (Å²) in [7, 11) is -0.229. The van der Waals surface area contributed by atoms with E-state index in [0.717, 1.165) is 18.5 Å². The first-order valence-corrected chi connectivity index (χ1v) is 9.25. The van der Waals surface area contributed by atoms with E-state index in [9.17, 15) is 8.42 Å². The van der Waals surface area contributed by atoms with Crippen molar-refractivity contribution in [3.8, 4) is 11.6 Å². The Morgan fingerprint density at radius 1 is 1.29 bits per heavy atom. The van der Waals surface area contributed by atoms with Crippen LogP contribution in [0.2, 0.25) is 0 Å². The van der Waals surface area contributed by atoms with E-state index in [-0.39, 0.29) is 5.92 Å². The third-order valence-electron chi connectivity index (χ3n) is 4.12. The molecule has 1 aliphatic rings. The number of piperidine rings is 1. The Hall–Kier alpha value is -1.84. The van der Waals surface area contributed by atoms with Crippen LogP contribution in [0, 0.1) is 5.92 Å². The standard InChI is InChI=1S/C15H21N5O3S/c1-19(2)24(21,22)20-6-3-4-12(11-20)8-13-9-18-14(10-17-13)15-16-5-7-23-15/h5,7,9-10,12H,3-4,6,8,11H2,1-2H3.